The molecule has 0 unspecified atom stereocenters. The Hall–Kier alpha value is -0.960. The van der Waals surface area contributed by atoms with Crippen LogP contribution in [0.5, 0.6) is 0 Å². The van der Waals surface area contributed by atoms with Crippen molar-refractivity contribution in [2.45, 2.75) is 46.5 Å². The number of nitrogens with one attached hydrogen (secondary N) is 1. The van der Waals surface area contributed by atoms with Crippen LogP contribution in [0.4, 0.5) is 0 Å². The van der Waals surface area contributed by atoms with Gasteiger partial charge in [-0.2, -0.15) is 0 Å². The molecule has 0 aliphatic heterocycles. The number of hydrogen-bond acceptors (Lipinski definition) is 2. The van der Waals surface area contributed by atoms with Crippen molar-refractivity contribution in [3.05, 3.63) is 22.6 Å². The lowest BCUT2D eigenvalue weighted by Gasteiger charge is -2.05. The Morgan fingerprint density at radius 3 is 2.33 bits per heavy atom. The van der Waals surface area contributed by atoms with Gasteiger partial charge >= 0.3 is 0 Å². The topological polar surface area (TPSA) is 42.2 Å². The third kappa shape index (κ3) is 4.05. The second-order valence-electron chi connectivity index (χ2n) is 4.57. The van der Waals surface area contributed by atoms with Gasteiger partial charge in [0.2, 0.25) is 0 Å². The van der Waals surface area contributed by atoms with Crippen LogP contribution in [0.2, 0.25) is 0 Å². The summed E-state index contributed by atoms with van der Waals surface area (Å²) in [5.41, 5.74) is 1.63. The average molecular weight is 272 g/mol. The van der Waals surface area contributed by atoms with E-state index in [9.17, 15) is 4.79 Å². The molecule has 1 aromatic heterocycles. The van der Waals surface area contributed by atoms with E-state index in [1.807, 2.05) is 20.8 Å². The number of carbonyl (C=O) groups excluding carboxylic acids is 1. The molecular weight excluding hydrogens is 250 g/mol. The molecule has 0 bridgehead atoms. The number of halogens is 1. The molecular formula is C14H22ClNO2. The van der Waals surface area contributed by atoms with E-state index in [1.165, 1.54) is 0 Å². The highest BCUT2D eigenvalue weighted by Crippen LogP contribution is 2.20. The smallest absolute Gasteiger partial charge is 0.255 e. The summed E-state index contributed by atoms with van der Waals surface area (Å²) in [4.78, 5) is 12.0. The Balaban J connectivity index is 2.37. The van der Waals surface area contributed by atoms with Gasteiger partial charge < -0.3 is 9.73 Å². The predicted molar refractivity (Wildman–Crippen MR) is 74.4 cm³/mol. The largest absolute Gasteiger partial charge is 0.466 e. The minimum Gasteiger partial charge on any atom is -0.466 e. The second-order valence-corrected chi connectivity index (χ2v) is 4.95. The number of rotatable bonds is 7. The number of amides is 1. The second kappa shape index (κ2) is 7.47. The van der Waals surface area contributed by atoms with Crippen molar-refractivity contribution >= 4 is 17.5 Å². The molecule has 0 aliphatic rings. The quantitative estimate of drug-likeness (QED) is 0.606. The summed E-state index contributed by atoms with van der Waals surface area (Å²) in [7, 11) is 0. The summed E-state index contributed by atoms with van der Waals surface area (Å²) < 4.78 is 5.45. The molecule has 0 spiro atoms. The first-order valence-electron chi connectivity index (χ1n) is 6.48. The Bertz CT molecular complexity index is 399. The van der Waals surface area contributed by atoms with Gasteiger partial charge in [-0.3, -0.25) is 4.79 Å². The van der Waals surface area contributed by atoms with Crippen LogP contribution in [0.3, 0.4) is 0 Å². The molecule has 0 radical (unpaired) electrons. The summed E-state index contributed by atoms with van der Waals surface area (Å²) in [5, 5.41) is 2.94. The van der Waals surface area contributed by atoms with E-state index in [0.717, 1.165) is 42.9 Å². The number of hydrogen-bond donors (Lipinski definition) is 1. The number of furan rings is 1. The Morgan fingerprint density at radius 1 is 1.11 bits per heavy atom. The van der Waals surface area contributed by atoms with Crippen LogP contribution in [0.1, 0.15) is 53.1 Å². The van der Waals surface area contributed by atoms with Crippen LogP contribution in [-0.2, 0) is 0 Å². The van der Waals surface area contributed by atoms with E-state index >= 15 is 0 Å². The van der Waals surface area contributed by atoms with Crippen LogP contribution in [0.25, 0.3) is 0 Å². The maximum atomic E-state index is 12.0. The van der Waals surface area contributed by atoms with Crippen LogP contribution in [0.15, 0.2) is 4.42 Å². The van der Waals surface area contributed by atoms with Gasteiger partial charge in [0, 0.05) is 18.0 Å². The van der Waals surface area contributed by atoms with Crippen LogP contribution < -0.4 is 5.32 Å². The zero-order valence-corrected chi connectivity index (χ0v) is 12.2. The summed E-state index contributed by atoms with van der Waals surface area (Å²) in [6, 6.07) is 0. The van der Waals surface area contributed by atoms with E-state index in [0.29, 0.717) is 17.9 Å². The first kappa shape index (κ1) is 15.1. The molecule has 0 aromatic carbocycles. The zero-order valence-electron chi connectivity index (χ0n) is 11.4. The van der Waals surface area contributed by atoms with Crippen LogP contribution in [-0.4, -0.2) is 18.3 Å². The van der Waals surface area contributed by atoms with Gasteiger partial charge in [0.1, 0.15) is 11.5 Å². The summed E-state index contributed by atoms with van der Waals surface area (Å²) in [5.74, 6) is 2.21. The maximum Gasteiger partial charge on any atom is 0.255 e. The fraction of sp³-hybridized carbons (Fsp3) is 0.643. The Labute approximate surface area is 114 Å². The third-order valence-corrected chi connectivity index (χ3v) is 3.40. The van der Waals surface area contributed by atoms with Gasteiger partial charge in [-0.05, 0) is 33.6 Å². The average Bonchev–Trinajstić information content (AvgIpc) is 2.58. The van der Waals surface area contributed by atoms with Crippen LogP contribution >= 0.6 is 11.6 Å². The van der Waals surface area contributed by atoms with Gasteiger partial charge in [0.15, 0.2) is 0 Å². The molecule has 0 aliphatic carbocycles. The van der Waals surface area contributed by atoms with Crippen molar-refractivity contribution in [1.82, 2.24) is 5.32 Å². The molecule has 3 nitrogen and oxygen atoms in total. The Morgan fingerprint density at radius 2 is 1.78 bits per heavy atom. The molecule has 4 heteroatoms. The van der Waals surface area contributed by atoms with E-state index in [2.05, 4.69) is 5.32 Å². The highest BCUT2D eigenvalue weighted by atomic mass is 35.5. The molecule has 0 fully saturated rings. The molecule has 1 heterocycles. The minimum atomic E-state index is -0.0285. The number of alkyl halides is 1. The van der Waals surface area contributed by atoms with Gasteiger partial charge in [-0.15, -0.1) is 11.6 Å². The normalized spacial score (nSPS) is 10.7. The molecule has 0 saturated carbocycles. The van der Waals surface area contributed by atoms with Gasteiger partial charge in [0.05, 0.1) is 5.56 Å². The molecule has 1 amide bonds. The predicted octanol–water partition coefficient (Wildman–Crippen LogP) is 3.73. The molecule has 1 N–H and O–H groups in total. The van der Waals surface area contributed by atoms with Crippen molar-refractivity contribution in [2.24, 2.45) is 0 Å². The van der Waals surface area contributed by atoms with Crippen molar-refractivity contribution in [1.29, 1.82) is 0 Å². The lowest BCUT2D eigenvalue weighted by Crippen LogP contribution is -2.25. The number of carbonyl (C=O) groups is 1. The molecule has 1 rings (SSSR count). The summed E-state index contributed by atoms with van der Waals surface area (Å²) in [6.07, 6.45) is 4.28. The molecule has 102 valence electrons. The van der Waals surface area contributed by atoms with E-state index in [-0.39, 0.29) is 5.91 Å². The van der Waals surface area contributed by atoms with Gasteiger partial charge in [-0.25, -0.2) is 0 Å². The molecule has 0 saturated heterocycles. The van der Waals surface area contributed by atoms with E-state index in [4.69, 9.17) is 16.0 Å². The Kier molecular flexibility index (Phi) is 6.27. The number of aryl methyl sites for hydroxylation is 2. The molecule has 18 heavy (non-hydrogen) atoms. The van der Waals surface area contributed by atoms with E-state index < -0.39 is 0 Å². The SMILES string of the molecule is Cc1oc(C)c(C(=O)NCCCCCCCl)c1C. The maximum absolute atomic E-state index is 12.0. The highest BCUT2D eigenvalue weighted by molar-refractivity contribution is 6.17. The molecule has 1 aromatic rings. The molecule has 0 atom stereocenters. The lowest BCUT2D eigenvalue weighted by molar-refractivity contribution is 0.0951. The van der Waals surface area contributed by atoms with E-state index in [1.54, 1.807) is 0 Å². The van der Waals surface area contributed by atoms with Crippen molar-refractivity contribution < 1.29 is 9.21 Å². The van der Waals surface area contributed by atoms with Gasteiger partial charge in [0.25, 0.3) is 5.91 Å². The monoisotopic (exact) mass is 271 g/mol. The fourth-order valence-corrected chi connectivity index (χ4v) is 2.18. The third-order valence-electron chi connectivity index (χ3n) is 3.13. The standard InChI is InChI=1S/C14H22ClNO2/c1-10-11(2)18-12(3)13(10)14(17)16-9-7-5-4-6-8-15/h4-9H2,1-3H3,(H,16,17). The van der Waals surface area contributed by atoms with Crippen molar-refractivity contribution in [2.75, 3.05) is 12.4 Å². The fourth-order valence-electron chi connectivity index (χ4n) is 1.99. The first-order chi connectivity index (χ1) is 8.57. The van der Waals surface area contributed by atoms with Crippen molar-refractivity contribution in [3.63, 3.8) is 0 Å². The van der Waals surface area contributed by atoms with Gasteiger partial charge in [-0.1, -0.05) is 12.8 Å². The number of unbranched alkanes of at least 4 members (excludes halogenated alkanes) is 3. The zero-order chi connectivity index (χ0) is 13.5. The summed E-state index contributed by atoms with van der Waals surface area (Å²) >= 11 is 5.60. The minimum absolute atomic E-state index is 0.0285. The first-order valence-corrected chi connectivity index (χ1v) is 7.02. The lowest BCUT2D eigenvalue weighted by atomic mass is 10.1. The van der Waals surface area contributed by atoms with Crippen LogP contribution in [0, 0.1) is 20.8 Å². The highest BCUT2D eigenvalue weighted by Gasteiger charge is 2.17. The summed E-state index contributed by atoms with van der Waals surface area (Å²) in [6.45, 7) is 6.34. The van der Waals surface area contributed by atoms with Crippen molar-refractivity contribution in [3.8, 4) is 0 Å².